The van der Waals surface area contributed by atoms with E-state index in [1.807, 2.05) is 30.3 Å². The first-order valence-corrected chi connectivity index (χ1v) is 11.0. The van der Waals surface area contributed by atoms with Gasteiger partial charge in [0.15, 0.2) is 0 Å². The van der Waals surface area contributed by atoms with Gasteiger partial charge in [0.1, 0.15) is 11.4 Å². The van der Waals surface area contributed by atoms with Crippen molar-refractivity contribution in [3.8, 4) is 0 Å². The van der Waals surface area contributed by atoms with Crippen LogP contribution in [-0.2, 0) is 6.54 Å². The number of pyridine rings is 1. The molecule has 4 bridgehead atoms. The topological polar surface area (TPSA) is 123 Å². The molecule has 9 heteroatoms. The van der Waals surface area contributed by atoms with E-state index in [1.54, 1.807) is 0 Å². The van der Waals surface area contributed by atoms with Crippen LogP contribution >= 0.6 is 0 Å². The zero-order valence-electron chi connectivity index (χ0n) is 17.6. The van der Waals surface area contributed by atoms with Crippen molar-refractivity contribution in [1.82, 2.24) is 4.98 Å². The van der Waals surface area contributed by atoms with E-state index in [4.69, 9.17) is 5.73 Å². The summed E-state index contributed by atoms with van der Waals surface area (Å²) in [6, 6.07) is 9.32. The number of nitro groups is 1. The van der Waals surface area contributed by atoms with E-state index >= 15 is 4.39 Å². The molecule has 1 heterocycles. The summed E-state index contributed by atoms with van der Waals surface area (Å²) in [7, 11) is 0. The molecule has 4 saturated carbocycles. The van der Waals surface area contributed by atoms with Crippen LogP contribution in [0.25, 0.3) is 0 Å². The van der Waals surface area contributed by atoms with Gasteiger partial charge >= 0.3 is 5.69 Å². The smallest absolute Gasteiger partial charge is 0.335 e. The molecule has 8 nitrogen and oxygen atoms in total. The monoisotopic (exact) mass is 439 g/mol. The second kappa shape index (κ2) is 7.72. The third-order valence-electron chi connectivity index (χ3n) is 7.31. The Morgan fingerprint density at radius 2 is 1.91 bits per heavy atom. The number of carbonyl (C=O) groups is 1. The van der Waals surface area contributed by atoms with Crippen LogP contribution in [0.4, 0.5) is 21.6 Å². The lowest BCUT2D eigenvalue weighted by Crippen LogP contribution is -2.57. The van der Waals surface area contributed by atoms with Gasteiger partial charge in [-0.25, -0.2) is 9.37 Å². The van der Waals surface area contributed by atoms with Crippen LogP contribution in [0.5, 0.6) is 0 Å². The van der Waals surface area contributed by atoms with Crippen LogP contribution < -0.4 is 16.4 Å². The maximum absolute atomic E-state index is 15.1. The summed E-state index contributed by atoms with van der Waals surface area (Å²) in [5, 5.41) is 18.4. The van der Waals surface area contributed by atoms with E-state index in [0.717, 1.165) is 18.4 Å². The average molecular weight is 439 g/mol. The highest BCUT2D eigenvalue weighted by Gasteiger charge is 2.56. The molecule has 2 aromatic rings. The lowest BCUT2D eigenvalue weighted by Gasteiger charge is -2.57. The van der Waals surface area contributed by atoms with Crippen molar-refractivity contribution in [2.24, 2.45) is 23.5 Å². The lowest BCUT2D eigenvalue weighted by atomic mass is 9.53. The highest BCUT2D eigenvalue weighted by Crippen LogP contribution is 2.58. The number of hydrogen-bond donors (Lipinski definition) is 3. The molecule has 1 aromatic carbocycles. The number of aromatic nitrogens is 1. The van der Waals surface area contributed by atoms with Crippen molar-refractivity contribution >= 4 is 23.1 Å². The van der Waals surface area contributed by atoms with Crippen LogP contribution in [0.15, 0.2) is 36.5 Å². The van der Waals surface area contributed by atoms with Gasteiger partial charge in [-0.2, -0.15) is 0 Å². The fourth-order valence-electron chi connectivity index (χ4n) is 6.25. The van der Waals surface area contributed by atoms with Gasteiger partial charge in [-0.05, 0) is 55.4 Å². The Kier molecular flexibility index (Phi) is 4.98. The predicted octanol–water partition coefficient (Wildman–Crippen LogP) is 4.03. The maximum Gasteiger partial charge on any atom is 0.335 e. The molecule has 1 amide bonds. The zero-order chi connectivity index (χ0) is 22.5. The number of carbonyl (C=O) groups excluding carboxylic acids is 1. The van der Waals surface area contributed by atoms with E-state index in [-0.39, 0.29) is 40.6 Å². The molecule has 0 aliphatic heterocycles. The third kappa shape index (κ3) is 3.65. The fourth-order valence-corrected chi connectivity index (χ4v) is 6.25. The van der Waals surface area contributed by atoms with Crippen molar-refractivity contribution in [2.75, 3.05) is 10.6 Å². The predicted molar refractivity (Wildman–Crippen MR) is 118 cm³/mol. The van der Waals surface area contributed by atoms with Gasteiger partial charge in [-0.15, -0.1) is 0 Å². The molecule has 4 aliphatic carbocycles. The van der Waals surface area contributed by atoms with E-state index in [2.05, 4.69) is 15.6 Å². The number of rotatable bonds is 7. The largest absolute Gasteiger partial charge is 0.375 e. The summed E-state index contributed by atoms with van der Waals surface area (Å²) in [6.07, 6.45) is 4.64. The minimum Gasteiger partial charge on any atom is -0.375 e. The molecule has 4 aliphatic rings. The summed E-state index contributed by atoms with van der Waals surface area (Å²) >= 11 is 0. The van der Waals surface area contributed by atoms with E-state index < -0.39 is 16.5 Å². The first-order chi connectivity index (χ1) is 15.3. The van der Waals surface area contributed by atoms with Crippen molar-refractivity contribution in [3.63, 3.8) is 0 Å². The Labute approximate surface area is 184 Å². The van der Waals surface area contributed by atoms with Gasteiger partial charge in [-0.1, -0.05) is 30.3 Å². The Hall–Kier alpha value is -3.23. The van der Waals surface area contributed by atoms with Gasteiger partial charge in [0.05, 0.1) is 10.5 Å². The Morgan fingerprint density at radius 3 is 2.50 bits per heavy atom. The maximum atomic E-state index is 15.1. The molecular weight excluding hydrogens is 413 g/mol. The summed E-state index contributed by atoms with van der Waals surface area (Å²) in [6.45, 7) is 0.338. The van der Waals surface area contributed by atoms with Crippen molar-refractivity contribution in [1.29, 1.82) is 0 Å². The number of alkyl halides is 1. The van der Waals surface area contributed by atoms with Gasteiger partial charge < -0.3 is 16.4 Å². The highest BCUT2D eigenvalue weighted by molar-refractivity contribution is 6.01. The number of halogens is 1. The van der Waals surface area contributed by atoms with E-state index in [9.17, 15) is 14.9 Å². The normalized spacial score (nSPS) is 30.2. The second-order valence-electron chi connectivity index (χ2n) is 9.50. The molecular formula is C23H26FN5O3. The summed E-state index contributed by atoms with van der Waals surface area (Å²) in [5.41, 5.74) is 5.12. The molecule has 4 fully saturated rings. The molecule has 0 spiro atoms. The zero-order valence-corrected chi connectivity index (χ0v) is 17.6. The van der Waals surface area contributed by atoms with Crippen molar-refractivity contribution in [2.45, 2.75) is 50.4 Å². The van der Waals surface area contributed by atoms with E-state index in [1.165, 1.54) is 6.20 Å². The fraction of sp³-hybridized carbons (Fsp3) is 0.478. The number of nitrogens with zero attached hydrogens (tertiary/aromatic N) is 2. The minimum absolute atomic E-state index is 0.0225. The van der Waals surface area contributed by atoms with Gasteiger partial charge in [-0.3, -0.25) is 14.9 Å². The van der Waals surface area contributed by atoms with Crippen LogP contribution in [0.3, 0.4) is 0 Å². The lowest BCUT2D eigenvalue weighted by molar-refractivity contribution is -0.383. The minimum atomic E-state index is -1.12. The van der Waals surface area contributed by atoms with Crippen LogP contribution in [0.2, 0.25) is 0 Å². The number of amides is 1. The molecule has 6 rings (SSSR count). The number of nitrogens with one attached hydrogen (secondary N) is 2. The first kappa shape index (κ1) is 20.7. The quantitative estimate of drug-likeness (QED) is 0.442. The first-order valence-electron chi connectivity index (χ1n) is 11.0. The number of anilines is 2. The van der Waals surface area contributed by atoms with E-state index in [0.29, 0.717) is 31.7 Å². The number of nitrogens with two attached hydrogens (primary N) is 1. The molecule has 1 aromatic heterocycles. The summed E-state index contributed by atoms with van der Waals surface area (Å²) in [4.78, 5) is 27.8. The SMILES string of the molecule is NC(=O)c1cnc(NCc2ccccc2)c([N+](=O)[O-])c1NC1C2CC3CC1CC(F)(C3)C2. The van der Waals surface area contributed by atoms with Crippen molar-refractivity contribution < 1.29 is 14.1 Å². The molecule has 32 heavy (non-hydrogen) atoms. The molecule has 2 unspecified atom stereocenters. The summed E-state index contributed by atoms with van der Waals surface area (Å²) in [5.74, 6) is -0.178. The van der Waals surface area contributed by atoms with Crippen LogP contribution in [-0.4, -0.2) is 27.5 Å². The molecule has 2 atom stereocenters. The standard InChI is InChI=1S/C23H26FN5O3/c24-23-8-14-6-15(9-23)18(16(7-14)10-23)28-19-17(21(25)30)12-27-22(20(19)29(31)32)26-11-13-4-2-1-3-5-13/h1-5,12,14-16,18H,6-11H2,(H2,25,30)(H2,26,27,28). The molecule has 4 N–H and O–H groups in total. The van der Waals surface area contributed by atoms with Gasteiger partial charge in [0.25, 0.3) is 5.91 Å². The second-order valence-corrected chi connectivity index (χ2v) is 9.50. The Morgan fingerprint density at radius 1 is 1.22 bits per heavy atom. The Balaban J connectivity index is 1.48. The number of hydrogen-bond acceptors (Lipinski definition) is 6. The molecule has 0 radical (unpaired) electrons. The van der Waals surface area contributed by atoms with Gasteiger partial charge in [0.2, 0.25) is 5.82 Å². The average Bonchev–Trinajstić information content (AvgIpc) is 2.73. The third-order valence-corrected chi connectivity index (χ3v) is 7.31. The summed E-state index contributed by atoms with van der Waals surface area (Å²) < 4.78 is 15.1. The highest BCUT2D eigenvalue weighted by atomic mass is 19.1. The van der Waals surface area contributed by atoms with Crippen LogP contribution in [0.1, 0.15) is 48.0 Å². The van der Waals surface area contributed by atoms with Crippen molar-refractivity contribution in [3.05, 3.63) is 57.8 Å². The Bertz CT molecular complexity index is 1050. The van der Waals surface area contributed by atoms with Gasteiger partial charge in [0, 0.05) is 18.8 Å². The molecule has 168 valence electrons. The molecule has 0 saturated heterocycles. The van der Waals surface area contributed by atoms with Crippen LogP contribution in [0, 0.1) is 27.9 Å². The number of benzene rings is 1. The number of primary amides is 1.